The number of aromatic nitrogens is 1. The number of hydrogen-bond donors (Lipinski definition) is 1. The van der Waals surface area contributed by atoms with Crippen LogP contribution >= 0.6 is 11.8 Å². The monoisotopic (exact) mass is 412 g/mol. The zero-order valence-corrected chi connectivity index (χ0v) is 17.0. The summed E-state index contributed by atoms with van der Waals surface area (Å²) in [6, 6.07) is 15.2. The number of carbonyl (C=O) groups is 1. The van der Waals surface area contributed by atoms with Crippen LogP contribution < -0.4 is 11.1 Å². The zero-order valence-electron chi connectivity index (χ0n) is 16.1. The molecule has 0 aliphatic carbocycles. The Bertz CT molecular complexity index is 1040. The molecule has 0 atom stereocenters. The van der Waals surface area contributed by atoms with Crippen LogP contribution in [0.4, 0.5) is 5.69 Å². The largest absolute Gasteiger partial charge is 0.419 e. The quantitative estimate of drug-likeness (QED) is 0.634. The van der Waals surface area contributed by atoms with Crippen molar-refractivity contribution in [3.05, 3.63) is 64.6 Å². The number of carbonyl (C=O) groups excluding carboxylic acids is 1. The molecule has 1 amide bonds. The van der Waals surface area contributed by atoms with Gasteiger partial charge in [-0.25, -0.2) is 4.79 Å². The fourth-order valence-electron chi connectivity index (χ4n) is 3.46. The van der Waals surface area contributed by atoms with E-state index >= 15 is 0 Å². The van der Waals surface area contributed by atoms with E-state index in [4.69, 9.17) is 9.15 Å². The summed E-state index contributed by atoms with van der Waals surface area (Å²) < 4.78 is 12.1. The third-order valence-electron chi connectivity index (χ3n) is 5.00. The first-order chi connectivity index (χ1) is 14.2. The van der Waals surface area contributed by atoms with Crippen LogP contribution in [0.25, 0.3) is 11.1 Å². The van der Waals surface area contributed by atoms with Crippen molar-refractivity contribution in [2.75, 3.05) is 18.5 Å². The third-order valence-corrected chi connectivity index (χ3v) is 6.44. The van der Waals surface area contributed by atoms with E-state index in [9.17, 15) is 9.59 Å². The van der Waals surface area contributed by atoms with Gasteiger partial charge < -0.3 is 14.5 Å². The highest BCUT2D eigenvalue weighted by Crippen LogP contribution is 2.26. The minimum Gasteiger partial charge on any atom is -0.408 e. The molecule has 1 saturated heterocycles. The first-order valence-corrected chi connectivity index (χ1v) is 10.9. The molecule has 29 heavy (non-hydrogen) atoms. The summed E-state index contributed by atoms with van der Waals surface area (Å²) >= 11 is 1.95. The van der Waals surface area contributed by atoms with Gasteiger partial charge in [0.1, 0.15) is 0 Å². The maximum atomic E-state index is 12.4. The molecule has 0 saturated carbocycles. The highest BCUT2D eigenvalue weighted by atomic mass is 32.2. The van der Waals surface area contributed by atoms with Gasteiger partial charge >= 0.3 is 5.76 Å². The number of benzene rings is 2. The zero-order chi connectivity index (χ0) is 20.1. The van der Waals surface area contributed by atoms with E-state index in [0.29, 0.717) is 16.3 Å². The third kappa shape index (κ3) is 5.10. The molecule has 1 N–H and O–H groups in total. The first-order valence-electron chi connectivity index (χ1n) is 9.85. The summed E-state index contributed by atoms with van der Waals surface area (Å²) in [5.74, 6) is 0.354. The van der Waals surface area contributed by atoms with Gasteiger partial charge in [0.15, 0.2) is 5.58 Å². The molecule has 1 aliphatic heterocycles. The van der Waals surface area contributed by atoms with Crippen molar-refractivity contribution in [1.29, 1.82) is 0 Å². The van der Waals surface area contributed by atoms with E-state index in [-0.39, 0.29) is 18.9 Å². The number of hydrogen-bond acceptors (Lipinski definition) is 5. The van der Waals surface area contributed by atoms with Crippen molar-refractivity contribution in [2.24, 2.45) is 0 Å². The van der Waals surface area contributed by atoms with Gasteiger partial charge in [-0.05, 0) is 42.7 Å². The number of aryl methyl sites for hydroxylation is 1. The number of rotatable bonds is 7. The second-order valence-electron chi connectivity index (χ2n) is 7.11. The Hall–Kier alpha value is -2.51. The van der Waals surface area contributed by atoms with Crippen LogP contribution in [-0.2, 0) is 21.8 Å². The van der Waals surface area contributed by atoms with Crippen molar-refractivity contribution >= 4 is 34.5 Å². The van der Waals surface area contributed by atoms with Gasteiger partial charge in [-0.1, -0.05) is 24.3 Å². The number of anilines is 1. The molecule has 152 valence electrons. The molecule has 0 radical (unpaired) electrons. The van der Waals surface area contributed by atoms with Crippen molar-refractivity contribution < 1.29 is 13.9 Å². The van der Waals surface area contributed by atoms with Crippen LogP contribution in [0.2, 0.25) is 0 Å². The normalized spacial score (nSPS) is 14.9. The van der Waals surface area contributed by atoms with Crippen molar-refractivity contribution in [2.45, 2.75) is 36.8 Å². The van der Waals surface area contributed by atoms with Gasteiger partial charge in [0.25, 0.3) is 0 Å². The van der Waals surface area contributed by atoms with Crippen molar-refractivity contribution in [1.82, 2.24) is 4.57 Å². The molecule has 2 heterocycles. The lowest BCUT2D eigenvalue weighted by atomic mass is 10.2. The summed E-state index contributed by atoms with van der Waals surface area (Å²) in [5.41, 5.74) is 3.21. The second kappa shape index (κ2) is 9.33. The summed E-state index contributed by atoms with van der Waals surface area (Å²) in [6.07, 6.45) is 2.40. The van der Waals surface area contributed by atoms with Crippen LogP contribution in [0, 0.1) is 0 Å². The number of amides is 1. The fraction of sp³-hybridized carbons (Fsp3) is 0.364. The molecule has 6 nitrogen and oxygen atoms in total. The summed E-state index contributed by atoms with van der Waals surface area (Å²) in [5, 5.41) is 3.58. The molecule has 2 aromatic carbocycles. The maximum Gasteiger partial charge on any atom is 0.419 e. The molecule has 0 unspecified atom stereocenters. The minimum absolute atomic E-state index is 0.128. The molecule has 0 spiro atoms. The predicted molar refractivity (Wildman–Crippen MR) is 115 cm³/mol. The average Bonchev–Trinajstić information content (AvgIpc) is 3.07. The molecule has 0 bridgehead atoms. The Morgan fingerprint density at radius 1 is 1.14 bits per heavy atom. The number of ether oxygens (including phenoxy) is 1. The molecule has 4 rings (SSSR count). The second-order valence-corrected chi connectivity index (χ2v) is 8.40. The van der Waals surface area contributed by atoms with E-state index in [1.807, 2.05) is 48.2 Å². The Balaban J connectivity index is 1.32. The Morgan fingerprint density at radius 2 is 1.97 bits per heavy atom. The Kier molecular flexibility index (Phi) is 6.36. The van der Waals surface area contributed by atoms with Gasteiger partial charge in [0.2, 0.25) is 5.91 Å². The van der Waals surface area contributed by atoms with E-state index in [2.05, 4.69) is 11.4 Å². The van der Waals surface area contributed by atoms with E-state index < -0.39 is 5.76 Å². The lowest BCUT2D eigenvalue weighted by Gasteiger charge is -2.21. The van der Waals surface area contributed by atoms with E-state index in [0.717, 1.165) is 37.5 Å². The molecule has 1 fully saturated rings. The van der Waals surface area contributed by atoms with Gasteiger partial charge in [-0.15, -0.1) is 0 Å². The van der Waals surface area contributed by atoms with Crippen LogP contribution in [0.3, 0.4) is 0 Å². The van der Waals surface area contributed by atoms with Crippen molar-refractivity contribution in [3.8, 4) is 0 Å². The number of para-hydroxylation sites is 2. The summed E-state index contributed by atoms with van der Waals surface area (Å²) in [6.45, 7) is 1.98. The Labute approximate surface area is 173 Å². The smallest absolute Gasteiger partial charge is 0.408 e. The predicted octanol–water partition coefficient (Wildman–Crippen LogP) is 4.04. The molecular formula is C22H24N2O4S. The molecular weight excluding hydrogens is 388 g/mol. The topological polar surface area (TPSA) is 73.5 Å². The summed E-state index contributed by atoms with van der Waals surface area (Å²) in [4.78, 5) is 24.4. The fourth-order valence-corrected chi connectivity index (χ4v) is 4.59. The molecule has 1 aliphatic rings. The van der Waals surface area contributed by atoms with Gasteiger partial charge in [0.05, 0.1) is 5.52 Å². The van der Waals surface area contributed by atoms with E-state index in [1.165, 1.54) is 10.1 Å². The summed E-state index contributed by atoms with van der Waals surface area (Å²) in [7, 11) is 0. The lowest BCUT2D eigenvalue weighted by molar-refractivity contribution is -0.116. The maximum absolute atomic E-state index is 12.4. The SMILES string of the molecule is O=C(CCn1c(=O)oc2ccccc21)Nc1cccc(CSC2CCOCC2)c1. The van der Waals surface area contributed by atoms with Crippen molar-refractivity contribution in [3.63, 3.8) is 0 Å². The minimum atomic E-state index is -0.439. The molecule has 1 aromatic heterocycles. The average molecular weight is 413 g/mol. The number of nitrogens with one attached hydrogen (secondary N) is 1. The highest BCUT2D eigenvalue weighted by molar-refractivity contribution is 7.99. The number of oxazole rings is 1. The molecule has 7 heteroatoms. The number of thioether (sulfide) groups is 1. The van der Waals surface area contributed by atoms with Gasteiger partial charge in [-0.3, -0.25) is 9.36 Å². The first kappa shape index (κ1) is 19.8. The van der Waals surface area contributed by atoms with Gasteiger partial charge in [-0.2, -0.15) is 11.8 Å². The van der Waals surface area contributed by atoms with Crippen LogP contribution in [0.15, 0.2) is 57.7 Å². The molecule has 3 aromatic rings. The highest BCUT2D eigenvalue weighted by Gasteiger charge is 2.14. The van der Waals surface area contributed by atoms with Crippen LogP contribution in [-0.4, -0.2) is 28.9 Å². The number of fused-ring (bicyclic) bond motifs is 1. The van der Waals surface area contributed by atoms with Crippen LogP contribution in [0.5, 0.6) is 0 Å². The Morgan fingerprint density at radius 3 is 2.83 bits per heavy atom. The number of nitrogens with zero attached hydrogens (tertiary/aromatic N) is 1. The lowest BCUT2D eigenvalue weighted by Crippen LogP contribution is -2.19. The van der Waals surface area contributed by atoms with Gasteiger partial charge in [0, 0.05) is 42.9 Å². The van der Waals surface area contributed by atoms with E-state index in [1.54, 1.807) is 6.07 Å². The van der Waals surface area contributed by atoms with Crippen LogP contribution in [0.1, 0.15) is 24.8 Å². The standard InChI is InChI=1S/C22H24N2O4S/c25-21(8-11-24-19-6-1-2-7-20(19)28-22(24)26)23-17-5-3-4-16(14-17)15-29-18-9-12-27-13-10-18/h1-7,14,18H,8-13,15H2,(H,23,25).